The standard InChI is InChI=1S/C28H35N5O5S/c1-17(2)14-24(27(35)31-16-19-8-10-21(11-9-19)26(29)30)32-28(36)25(18(3)34)33-39(37,38)23-13-12-20-6-4-5-7-22(20)15-23/h4-13,15,17-18,24-25,33-34H,14,16H2,1-3H3,(H3,29,30)(H,31,35)(H,32,36). The number of aliphatic hydroxyl groups is 1. The van der Waals surface area contributed by atoms with Crippen LogP contribution in [0.5, 0.6) is 0 Å². The van der Waals surface area contributed by atoms with Gasteiger partial charge in [-0.25, -0.2) is 8.42 Å². The van der Waals surface area contributed by atoms with E-state index in [0.29, 0.717) is 17.4 Å². The fourth-order valence-electron chi connectivity index (χ4n) is 4.02. The molecule has 39 heavy (non-hydrogen) atoms. The van der Waals surface area contributed by atoms with Gasteiger partial charge in [0.15, 0.2) is 0 Å². The molecule has 0 fully saturated rings. The first-order valence-electron chi connectivity index (χ1n) is 12.6. The lowest BCUT2D eigenvalue weighted by atomic mass is 10.0. The van der Waals surface area contributed by atoms with E-state index in [1.807, 2.05) is 26.0 Å². The van der Waals surface area contributed by atoms with E-state index in [-0.39, 0.29) is 23.2 Å². The van der Waals surface area contributed by atoms with Gasteiger partial charge < -0.3 is 21.5 Å². The van der Waals surface area contributed by atoms with E-state index in [9.17, 15) is 23.1 Å². The second-order valence-electron chi connectivity index (χ2n) is 9.87. The molecule has 0 bridgehead atoms. The number of benzene rings is 3. The van der Waals surface area contributed by atoms with Crippen molar-refractivity contribution in [3.63, 3.8) is 0 Å². The quantitative estimate of drug-likeness (QED) is 0.148. The Hall–Kier alpha value is -3.80. The molecule has 0 saturated heterocycles. The number of nitrogen functional groups attached to an aromatic ring is 1. The first-order valence-corrected chi connectivity index (χ1v) is 14.1. The van der Waals surface area contributed by atoms with Crippen molar-refractivity contribution in [1.82, 2.24) is 15.4 Å². The van der Waals surface area contributed by atoms with E-state index < -0.39 is 40.0 Å². The van der Waals surface area contributed by atoms with Crippen molar-refractivity contribution in [2.24, 2.45) is 11.7 Å². The third-order valence-electron chi connectivity index (χ3n) is 6.15. The molecule has 7 N–H and O–H groups in total. The predicted molar refractivity (Wildman–Crippen MR) is 150 cm³/mol. The third kappa shape index (κ3) is 8.09. The molecule has 0 aliphatic heterocycles. The summed E-state index contributed by atoms with van der Waals surface area (Å²) in [6, 6.07) is 16.2. The fraction of sp³-hybridized carbons (Fsp3) is 0.321. The van der Waals surface area contributed by atoms with Crippen molar-refractivity contribution in [1.29, 1.82) is 5.41 Å². The SMILES string of the molecule is CC(C)CC(NC(=O)C(NS(=O)(=O)c1ccc2ccccc2c1)C(C)O)C(=O)NCc1ccc(C(=N)N)cc1. The lowest BCUT2D eigenvalue weighted by Crippen LogP contribution is -2.57. The minimum absolute atomic E-state index is 0.0372. The third-order valence-corrected chi connectivity index (χ3v) is 7.59. The molecule has 3 aromatic rings. The van der Waals surface area contributed by atoms with Crippen LogP contribution in [0.1, 0.15) is 38.3 Å². The molecule has 3 unspecified atom stereocenters. The number of amides is 2. The maximum Gasteiger partial charge on any atom is 0.242 e. The molecular weight excluding hydrogens is 518 g/mol. The van der Waals surface area contributed by atoms with Crippen molar-refractivity contribution in [3.8, 4) is 0 Å². The summed E-state index contributed by atoms with van der Waals surface area (Å²) in [7, 11) is -4.17. The summed E-state index contributed by atoms with van der Waals surface area (Å²) in [6.45, 7) is 5.26. The number of rotatable bonds is 12. The topological polar surface area (TPSA) is 174 Å². The lowest BCUT2D eigenvalue weighted by Gasteiger charge is -2.25. The van der Waals surface area contributed by atoms with E-state index in [1.165, 1.54) is 19.1 Å². The van der Waals surface area contributed by atoms with Gasteiger partial charge in [0.1, 0.15) is 17.9 Å². The van der Waals surface area contributed by atoms with Crippen LogP contribution in [0.15, 0.2) is 71.6 Å². The summed E-state index contributed by atoms with van der Waals surface area (Å²) < 4.78 is 28.5. The molecule has 0 saturated carbocycles. The molecule has 0 aliphatic carbocycles. The minimum Gasteiger partial charge on any atom is -0.391 e. The molecule has 0 aliphatic rings. The van der Waals surface area contributed by atoms with Gasteiger partial charge in [-0.3, -0.25) is 15.0 Å². The number of nitrogens with two attached hydrogens (primary N) is 1. The number of hydrogen-bond acceptors (Lipinski definition) is 6. The van der Waals surface area contributed by atoms with E-state index in [0.717, 1.165) is 10.9 Å². The van der Waals surface area contributed by atoms with E-state index in [1.54, 1.807) is 42.5 Å². The Bertz CT molecular complexity index is 1440. The largest absolute Gasteiger partial charge is 0.391 e. The Morgan fingerprint density at radius 2 is 1.59 bits per heavy atom. The maximum absolute atomic E-state index is 13.2. The summed E-state index contributed by atoms with van der Waals surface area (Å²) in [4.78, 5) is 26.1. The monoisotopic (exact) mass is 553 g/mol. The van der Waals surface area contributed by atoms with Gasteiger partial charge in [-0.1, -0.05) is 68.4 Å². The van der Waals surface area contributed by atoms with Crippen LogP contribution < -0.4 is 21.1 Å². The average Bonchev–Trinajstić information content (AvgIpc) is 2.89. The van der Waals surface area contributed by atoms with Crippen molar-refractivity contribution in [2.45, 2.75) is 56.8 Å². The molecule has 10 nitrogen and oxygen atoms in total. The van der Waals surface area contributed by atoms with Crippen LogP contribution in [0.3, 0.4) is 0 Å². The zero-order valence-electron chi connectivity index (χ0n) is 22.1. The van der Waals surface area contributed by atoms with Gasteiger partial charge in [-0.2, -0.15) is 4.72 Å². The normalized spacial score (nSPS) is 14.0. The average molecular weight is 554 g/mol. The van der Waals surface area contributed by atoms with Crippen LogP contribution in [0.2, 0.25) is 0 Å². The van der Waals surface area contributed by atoms with Gasteiger partial charge in [-0.15, -0.1) is 0 Å². The zero-order chi connectivity index (χ0) is 28.7. The highest BCUT2D eigenvalue weighted by molar-refractivity contribution is 7.89. The van der Waals surface area contributed by atoms with Gasteiger partial charge in [0.05, 0.1) is 11.0 Å². The highest BCUT2D eigenvalue weighted by Crippen LogP contribution is 2.19. The fourth-order valence-corrected chi connectivity index (χ4v) is 5.32. The van der Waals surface area contributed by atoms with Gasteiger partial charge in [0, 0.05) is 12.1 Å². The van der Waals surface area contributed by atoms with Crippen molar-refractivity contribution >= 4 is 38.4 Å². The Kier molecular flexibility index (Phi) is 9.79. The summed E-state index contributed by atoms with van der Waals surface area (Å²) in [5.74, 6) is -1.29. The summed E-state index contributed by atoms with van der Waals surface area (Å²) in [6.07, 6.45) is -1.08. The highest BCUT2D eigenvalue weighted by atomic mass is 32.2. The Balaban J connectivity index is 1.72. The molecule has 2 amide bonds. The van der Waals surface area contributed by atoms with Crippen LogP contribution in [0, 0.1) is 11.3 Å². The number of sulfonamides is 1. The van der Waals surface area contributed by atoms with Gasteiger partial charge in [-0.05, 0) is 47.7 Å². The zero-order valence-corrected chi connectivity index (χ0v) is 23.0. The molecule has 0 radical (unpaired) electrons. The summed E-state index contributed by atoms with van der Waals surface area (Å²) in [5, 5.41) is 24.7. The first kappa shape index (κ1) is 29.8. The van der Waals surface area contributed by atoms with Crippen LogP contribution in [-0.4, -0.2) is 49.4 Å². The molecule has 3 rings (SSSR count). The van der Waals surface area contributed by atoms with E-state index in [2.05, 4.69) is 15.4 Å². The van der Waals surface area contributed by atoms with Crippen LogP contribution in [0.25, 0.3) is 10.8 Å². The Labute approximate surface area is 228 Å². The second kappa shape index (κ2) is 12.8. The molecule has 3 aromatic carbocycles. The van der Waals surface area contributed by atoms with Crippen molar-refractivity contribution in [2.75, 3.05) is 0 Å². The van der Waals surface area contributed by atoms with E-state index in [4.69, 9.17) is 11.1 Å². The van der Waals surface area contributed by atoms with Crippen molar-refractivity contribution < 1.29 is 23.1 Å². The van der Waals surface area contributed by atoms with E-state index >= 15 is 0 Å². The number of carbonyl (C=O) groups is 2. The van der Waals surface area contributed by atoms with Gasteiger partial charge >= 0.3 is 0 Å². The molecule has 3 atom stereocenters. The number of amidine groups is 1. The van der Waals surface area contributed by atoms with Crippen molar-refractivity contribution in [3.05, 3.63) is 77.9 Å². The number of aliphatic hydroxyl groups excluding tert-OH is 1. The number of fused-ring (bicyclic) bond motifs is 1. The molecule has 0 aromatic heterocycles. The first-order chi connectivity index (χ1) is 18.4. The van der Waals surface area contributed by atoms with Gasteiger partial charge in [0.25, 0.3) is 0 Å². The number of hydrogen-bond donors (Lipinski definition) is 6. The summed E-state index contributed by atoms with van der Waals surface area (Å²) >= 11 is 0. The lowest BCUT2D eigenvalue weighted by molar-refractivity contribution is -0.131. The minimum atomic E-state index is -4.17. The second-order valence-corrected chi connectivity index (χ2v) is 11.6. The smallest absolute Gasteiger partial charge is 0.242 e. The Morgan fingerprint density at radius 3 is 2.18 bits per heavy atom. The molecular formula is C28H35N5O5S. The molecule has 0 heterocycles. The number of nitrogens with one attached hydrogen (secondary N) is 4. The molecule has 208 valence electrons. The Morgan fingerprint density at radius 1 is 0.949 bits per heavy atom. The van der Waals surface area contributed by atoms with Gasteiger partial charge in [0.2, 0.25) is 21.8 Å². The van der Waals surface area contributed by atoms with Crippen LogP contribution in [-0.2, 0) is 26.2 Å². The predicted octanol–water partition coefficient (Wildman–Crippen LogP) is 2.00. The number of carbonyl (C=O) groups excluding carboxylic acids is 2. The summed E-state index contributed by atoms with van der Waals surface area (Å²) in [5.41, 5.74) is 6.80. The van der Waals surface area contributed by atoms with Crippen LogP contribution >= 0.6 is 0 Å². The van der Waals surface area contributed by atoms with Crippen LogP contribution in [0.4, 0.5) is 0 Å². The molecule has 11 heteroatoms. The maximum atomic E-state index is 13.2. The highest BCUT2D eigenvalue weighted by Gasteiger charge is 2.32. The molecule has 0 spiro atoms.